The van der Waals surface area contributed by atoms with E-state index in [1.54, 1.807) is 12.4 Å². The van der Waals surface area contributed by atoms with Gasteiger partial charge in [0.05, 0.1) is 13.2 Å². The van der Waals surface area contributed by atoms with E-state index in [1.165, 1.54) is 0 Å². The third-order valence-electron chi connectivity index (χ3n) is 5.23. The van der Waals surface area contributed by atoms with Crippen molar-refractivity contribution >= 4 is 11.9 Å². The number of hydrogen-bond donors (Lipinski definition) is 0. The van der Waals surface area contributed by atoms with Crippen molar-refractivity contribution < 1.29 is 14.3 Å². The molecule has 4 heterocycles. The van der Waals surface area contributed by atoms with Gasteiger partial charge in [-0.05, 0) is 25.3 Å². The number of nitrogens with zero attached hydrogens (tertiary/aromatic N) is 4. The Balaban J connectivity index is 1.47. The van der Waals surface area contributed by atoms with Gasteiger partial charge in [0.2, 0.25) is 5.95 Å². The van der Waals surface area contributed by atoms with Crippen LogP contribution < -0.4 is 4.90 Å². The average Bonchev–Trinajstić information content (AvgIpc) is 3.24. The molecule has 4 rings (SSSR count). The van der Waals surface area contributed by atoms with Crippen molar-refractivity contribution in [3.63, 3.8) is 0 Å². The maximum Gasteiger partial charge on any atom is 0.251 e. The van der Waals surface area contributed by atoms with Gasteiger partial charge in [-0.3, -0.25) is 4.79 Å². The van der Waals surface area contributed by atoms with Crippen molar-refractivity contribution in [3.05, 3.63) is 18.5 Å². The largest absolute Gasteiger partial charge is 0.379 e. The van der Waals surface area contributed by atoms with Gasteiger partial charge in [0.25, 0.3) is 5.91 Å². The van der Waals surface area contributed by atoms with Gasteiger partial charge in [-0.2, -0.15) is 0 Å². The van der Waals surface area contributed by atoms with Crippen molar-refractivity contribution in [1.29, 1.82) is 0 Å². The van der Waals surface area contributed by atoms with Crippen LogP contribution in [0.25, 0.3) is 0 Å². The van der Waals surface area contributed by atoms with Crippen LogP contribution in [0, 0.1) is 5.41 Å². The molecule has 24 heavy (non-hydrogen) atoms. The number of rotatable bonds is 2. The van der Waals surface area contributed by atoms with Gasteiger partial charge in [-0.25, -0.2) is 9.97 Å². The molecular formula is C17H24N4O3. The lowest BCUT2D eigenvalue weighted by atomic mass is 9.87. The Morgan fingerprint density at radius 3 is 2.88 bits per heavy atom. The molecule has 1 spiro atoms. The second-order valence-electron chi connectivity index (χ2n) is 7.03. The normalized spacial score (nSPS) is 30.8. The molecular weight excluding hydrogens is 308 g/mol. The first-order valence-corrected chi connectivity index (χ1v) is 8.76. The van der Waals surface area contributed by atoms with Gasteiger partial charge in [0.15, 0.2) is 0 Å². The van der Waals surface area contributed by atoms with E-state index < -0.39 is 0 Å². The molecule has 0 aliphatic carbocycles. The molecule has 130 valence electrons. The molecule has 0 aromatic carbocycles. The summed E-state index contributed by atoms with van der Waals surface area (Å²) in [7, 11) is 0. The fourth-order valence-electron chi connectivity index (χ4n) is 3.96. The monoisotopic (exact) mass is 332 g/mol. The van der Waals surface area contributed by atoms with E-state index in [2.05, 4.69) is 14.9 Å². The van der Waals surface area contributed by atoms with Crippen molar-refractivity contribution in [3.8, 4) is 0 Å². The summed E-state index contributed by atoms with van der Waals surface area (Å²) in [6.07, 6.45) is 6.09. The molecule has 2 unspecified atom stereocenters. The van der Waals surface area contributed by atoms with Gasteiger partial charge in [0.1, 0.15) is 6.10 Å². The predicted octanol–water partition coefficient (Wildman–Crippen LogP) is 0.711. The van der Waals surface area contributed by atoms with Gasteiger partial charge >= 0.3 is 0 Å². The number of aromatic nitrogens is 2. The van der Waals surface area contributed by atoms with Gasteiger partial charge < -0.3 is 19.3 Å². The number of ether oxygens (including phenoxy) is 2. The molecule has 3 aliphatic rings. The van der Waals surface area contributed by atoms with E-state index in [4.69, 9.17) is 9.47 Å². The molecule has 1 aromatic heterocycles. The van der Waals surface area contributed by atoms with E-state index in [1.807, 2.05) is 11.0 Å². The standard InChI is InChI=1S/C17H24N4O3/c22-15(14-3-1-9-24-14)20-8-10-23-13-17(11-20)4-7-21(12-17)16-18-5-2-6-19-16/h2,5-6,14H,1,3-4,7-13H2. The summed E-state index contributed by atoms with van der Waals surface area (Å²) in [6.45, 7) is 5.09. The van der Waals surface area contributed by atoms with E-state index >= 15 is 0 Å². The Kier molecular flexibility index (Phi) is 4.37. The third-order valence-corrected chi connectivity index (χ3v) is 5.23. The molecule has 1 aromatic rings. The Hall–Kier alpha value is -1.73. The zero-order valence-corrected chi connectivity index (χ0v) is 13.9. The summed E-state index contributed by atoms with van der Waals surface area (Å²) in [6, 6.07) is 1.83. The minimum atomic E-state index is -0.255. The molecule has 3 aliphatic heterocycles. The highest BCUT2D eigenvalue weighted by molar-refractivity contribution is 5.81. The predicted molar refractivity (Wildman–Crippen MR) is 87.7 cm³/mol. The van der Waals surface area contributed by atoms with Gasteiger partial charge in [-0.1, -0.05) is 0 Å². The summed E-state index contributed by atoms with van der Waals surface area (Å²) in [4.78, 5) is 25.6. The molecule has 1 amide bonds. The van der Waals surface area contributed by atoms with Crippen LogP contribution in [0.5, 0.6) is 0 Å². The lowest BCUT2D eigenvalue weighted by Gasteiger charge is -2.32. The van der Waals surface area contributed by atoms with E-state index in [-0.39, 0.29) is 17.4 Å². The fraction of sp³-hybridized carbons (Fsp3) is 0.706. The molecule has 2 atom stereocenters. The maximum absolute atomic E-state index is 12.8. The first-order chi connectivity index (χ1) is 11.8. The van der Waals surface area contributed by atoms with Crippen molar-refractivity contribution in [1.82, 2.24) is 14.9 Å². The smallest absolute Gasteiger partial charge is 0.251 e. The molecule has 7 heteroatoms. The number of carbonyl (C=O) groups is 1. The van der Waals surface area contributed by atoms with Gasteiger partial charge in [-0.15, -0.1) is 0 Å². The Bertz CT molecular complexity index is 578. The minimum absolute atomic E-state index is 0.0377. The molecule has 0 saturated carbocycles. The molecule has 3 saturated heterocycles. The summed E-state index contributed by atoms with van der Waals surface area (Å²) in [5.74, 6) is 0.891. The van der Waals surface area contributed by atoms with Crippen molar-refractivity contribution in [2.75, 3.05) is 50.9 Å². The second kappa shape index (κ2) is 6.64. The van der Waals surface area contributed by atoms with E-state index in [0.29, 0.717) is 26.4 Å². The third kappa shape index (κ3) is 3.10. The highest BCUT2D eigenvalue weighted by Crippen LogP contribution is 2.35. The van der Waals surface area contributed by atoms with Crippen LogP contribution >= 0.6 is 0 Å². The van der Waals surface area contributed by atoms with Crippen LogP contribution in [0.15, 0.2) is 18.5 Å². The van der Waals surface area contributed by atoms with E-state index in [9.17, 15) is 4.79 Å². The number of anilines is 1. The summed E-state index contributed by atoms with van der Waals surface area (Å²) < 4.78 is 11.4. The Morgan fingerprint density at radius 2 is 2.08 bits per heavy atom. The summed E-state index contributed by atoms with van der Waals surface area (Å²) in [5, 5.41) is 0. The minimum Gasteiger partial charge on any atom is -0.379 e. The molecule has 7 nitrogen and oxygen atoms in total. The van der Waals surface area contributed by atoms with E-state index in [0.717, 1.165) is 44.8 Å². The SMILES string of the molecule is O=C(C1CCCO1)N1CCOCC2(CCN(c3ncccn3)C2)C1. The Labute approximate surface area is 142 Å². The fourth-order valence-corrected chi connectivity index (χ4v) is 3.96. The Morgan fingerprint density at radius 1 is 1.21 bits per heavy atom. The maximum atomic E-state index is 12.8. The first kappa shape index (κ1) is 15.8. The topological polar surface area (TPSA) is 67.8 Å². The molecule has 0 bridgehead atoms. The highest BCUT2D eigenvalue weighted by Gasteiger charge is 2.44. The van der Waals surface area contributed by atoms with Crippen molar-refractivity contribution in [2.45, 2.75) is 25.4 Å². The molecule has 0 N–H and O–H groups in total. The lowest BCUT2D eigenvalue weighted by Crippen LogP contribution is -2.46. The highest BCUT2D eigenvalue weighted by atomic mass is 16.5. The van der Waals surface area contributed by atoms with Crippen LogP contribution in [0.1, 0.15) is 19.3 Å². The second-order valence-corrected chi connectivity index (χ2v) is 7.03. The lowest BCUT2D eigenvalue weighted by molar-refractivity contribution is -0.141. The van der Waals surface area contributed by atoms with Gasteiger partial charge in [0, 0.05) is 50.6 Å². The number of carbonyl (C=O) groups excluding carboxylic acids is 1. The van der Waals surface area contributed by atoms with Crippen LogP contribution in [0.2, 0.25) is 0 Å². The van der Waals surface area contributed by atoms with Crippen molar-refractivity contribution in [2.24, 2.45) is 5.41 Å². The zero-order valence-electron chi connectivity index (χ0n) is 13.9. The molecule has 3 fully saturated rings. The average molecular weight is 332 g/mol. The van der Waals surface area contributed by atoms with Crippen LogP contribution in [0.4, 0.5) is 5.95 Å². The summed E-state index contributed by atoms with van der Waals surface area (Å²) in [5.41, 5.74) is -0.0377. The quantitative estimate of drug-likeness (QED) is 0.795. The number of amides is 1. The number of hydrogen-bond acceptors (Lipinski definition) is 6. The van der Waals surface area contributed by atoms with Crippen LogP contribution in [-0.4, -0.2) is 72.9 Å². The first-order valence-electron chi connectivity index (χ1n) is 8.76. The zero-order chi connectivity index (χ0) is 16.4. The molecule has 0 radical (unpaired) electrons. The van der Waals surface area contributed by atoms with Crippen LogP contribution in [0.3, 0.4) is 0 Å². The summed E-state index contributed by atoms with van der Waals surface area (Å²) >= 11 is 0. The van der Waals surface area contributed by atoms with Crippen LogP contribution in [-0.2, 0) is 14.3 Å².